The third-order valence-electron chi connectivity index (χ3n) is 6.04. The number of aromatic nitrogens is 1. The van der Waals surface area contributed by atoms with Crippen molar-refractivity contribution in [1.82, 2.24) is 4.98 Å². The first-order chi connectivity index (χ1) is 18.2. The summed E-state index contributed by atoms with van der Waals surface area (Å²) < 4.78 is 15.8. The van der Waals surface area contributed by atoms with E-state index in [0.717, 1.165) is 0 Å². The van der Waals surface area contributed by atoms with Crippen LogP contribution < -0.4 is 14.4 Å². The number of aliphatic hydroxyl groups is 1. The van der Waals surface area contributed by atoms with Crippen molar-refractivity contribution in [1.29, 1.82) is 0 Å². The Kier molecular flexibility index (Phi) is 7.76. The average molecular weight is 517 g/mol. The highest BCUT2D eigenvalue weighted by Gasteiger charge is 2.47. The van der Waals surface area contributed by atoms with Crippen LogP contribution in [0.4, 0.5) is 5.69 Å². The summed E-state index contributed by atoms with van der Waals surface area (Å²) in [5.74, 6) is -1.63. The average Bonchev–Trinajstić information content (AvgIpc) is 3.18. The van der Waals surface area contributed by atoms with Gasteiger partial charge in [-0.25, -0.2) is 0 Å². The van der Waals surface area contributed by atoms with Gasteiger partial charge >= 0.3 is 5.97 Å². The second kappa shape index (κ2) is 11.2. The standard InChI is InChI=1S/C29H28N2O7/c1-17(2)38-24(32)14-18-7-9-20(10-8-18)31-26(19-6-5-13-30-16-19)25(28(34)29(31)35)27(33)22-12-11-21(36-3)15-23(22)37-4/h5-13,15-17,26,33H,14H2,1-4H3/b27-25-. The number of carbonyl (C=O) groups excluding carboxylic acids is 3. The molecular weight excluding hydrogens is 488 g/mol. The number of methoxy groups -OCH3 is 2. The molecule has 9 heteroatoms. The fourth-order valence-electron chi connectivity index (χ4n) is 4.34. The molecule has 3 aromatic rings. The Morgan fingerprint density at radius 1 is 1.05 bits per heavy atom. The van der Waals surface area contributed by atoms with Gasteiger partial charge in [-0.15, -0.1) is 0 Å². The van der Waals surface area contributed by atoms with Crippen molar-refractivity contribution in [2.24, 2.45) is 0 Å². The maximum Gasteiger partial charge on any atom is 0.310 e. The van der Waals surface area contributed by atoms with Crippen molar-refractivity contribution < 1.29 is 33.7 Å². The molecule has 0 bridgehead atoms. The summed E-state index contributed by atoms with van der Waals surface area (Å²) in [7, 11) is 2.93. The number of hydrogen-bond donors (Lipinski definition) is 1. The fourth-order valence-corrected chi connectivity index (χ4v) is 4.34. The largest absolute Gasteiger partial charge is 0.507 e. The molecule has 0 radical (unpaired) electrons. The third kappa shape index (κ3) is 5.22. The van der Waals surface area contributed by atoms with E-state index in [-0.39, 0.29) is 41.1 Å². The van der Waals surface area contributed by atoms with E-state index in [1.165, 1.54) is 19.1 Å². The molecule has 1 saturated heterocycles. The molecule has 4 rings (SSSR count). The second-order valence-electron chi connectivity index (χ2n) is 8.90. The van der Waals surface area contributed by atoms with Crippen molar-refractivity contribution in [2.45, 2.75) is 32.4 Å². The molecule has 196 valence electrons. The van der Waals surface area contributed by atoms with Crippen molar-refractivity contribution in [3.63, 3.8) is 0 Å². The van der Waals surface area contributed by atoms with Crippen molar-refractivity contribution in [2.75, 3.05) is 19.1 Å². The predicted octanol–water partition coefficient (Wildman–Crippen LogP) is 4.22. The predicted molar refractivity (Wildman–Crippen MR) is 140 cm³/mol. The lowest BCUT2D eigenvalue weighted by molar-refractivity contribution is -0.146. The maximum atomic E-state index is 13.4. The van der Waals surface area contributed by atoms with Gasteiger partial charge in [-0.2, -0.15) is 0 Å². The summed E-state index contributed by atoms with van der Waals surface area (Å²) in [6.45, 7) is 3.55. The molecule has 38 heavy (non-hydrogen) atoms. The summed E-state index contributed by atoms with van der Waals surface area (Å²) in [4.78, 5) is 44.3. The minimum atomic E-state index is -0.952. The van der Waals surface area contributed by atoms with Crippen LogP contribution in [0, 0.1) is 0 Å². The second-order valence-corrected chi connectivity index (χ2v) is 8.90. The van der Waals surface area contributed by atoms with Gasteiger partial charge in [-0.05, 0) is 55.3 Å². The van der Waals surface area contributed by atoms with Gasteiger partial charge in [0.25, 0.3) is 11.7 Å². The Morgan fingerprint density at radius 2 is 1.79 bits per heavy atom. The molecule has 1 aliphatic rings. The summed E-state index contributed by atoms with van der Waals surface area (Å²) in [5.41, 5.74) is 1.78. The molecular formula is C29H28N2O7. The van der Waals surface area contributed by atoms with Crippen LogP contribution in [-0.2, 0) is 25.5 Å². The lowest BCUT2D eigenvalue weighted by atomic mass is 9.95. The van der Waals surface area contributed by atoms with E-state index in [1.807, 2.05) is 0 Å². The Bertz CT molecular complexity index is 1380. The Morgan fingerprint density at radius 3 is 2.39 bits per heavy atom. The lowest BCUT2D eigenvalue weighted by Gasteiger charge is -2.25. The fraction of sp³-hybridized carbons (Fsp3) is 0.241. The van der Waals surface area contributed by atoms with Crippen LogP contribution in [0.25, 0.3) is 5.76 Å². The van der Waals surface area contributed by atoms with E-state index in [2.05, 4.69) is 4.98 Å². The Balaban J connectivity index is 1.80. The SMILES string of the molecule is COc1ccc(/C(O)=C2/C(=O)C(=O)N(c3ccc(CC(=O)OC(C)C)cc3)C2c2cccnc2)c(OC)c1. The van der Waals surface area contributed by atoms with Crippen LogP contribution in [0.3, 0.4) is 0 Å². The summed E-state index contributed by atoms with van der Waals surface area (Å²) in [6, 6.07) is 13.9. The van der Waals surface area contributed by atoms with Crippen LogP contribution in [0.15, 0.2) is 72.6 Å². The third-order valence-corrected chi connectivity index (χ3v) is 6.04. The Labute approximate surface area is 220 Å². The number of anilines is 1. The minimum absolute atomic E-state index is 0.0700. The molecule has 1 aromatic heterocycles. The topological polar surface area (TPSA) is 115 Å². The first-order valence-electron chi connectivity index (χ1n) is 12.0. The van der Waals surface area contributed by atoms with Gasteiger partial charge in [0.2, 0.25) is 0 Å². The first-order valence-corrected chi connectivity index (χ1v) is 12.0. The zero-order chi connectivity index (χ0) is 27.4. The number of nitrogens with zero attached hydrogens (tertiary/aromatic N) is 2. The number of ether oxygens (including phenoxy) is 3. The number of Topliss-reactive ketones (excluding diaryl/α,β-unsaturated/α-hetero) is 1. The zero-order valence-corrected chi connectivity index (χ0v) is 21.5. The number of esters is 1. The van der Waals surface area contributed by atoms with Crippen LogP contribution in [0.5, 0.6) is 11.5 Å². The van der Waals surface area contributed by atoms with Crippen molar-refractivity contribution >= 4 is 29.1 Å². The van der Waals surface area contributed by atoms with Gasteiger partial charge in [-0.3, -0.25) is 24.3 Å². The smallest absolute Gasteiger partial charge is 0.310 e. The Hall–Kier alpha value is -4.66. The van der Waals surface area contributed by atoms with Crippen LogP contribution in [-0.4, -0.2) is 48.1 Å². The number of benzene rings is 2. The van der Waals surface area contributed by atoms with E-state index in [4.69, 9.17) is 14.2 Å². The van der Waals surface area contributed by atoms with Crippen molar-refractivity contribution in [3.8, 4) is 11.5 Å². The summed E-state index contributed by atoms with van der Waals surface area (Å²) in [5, 5.41) is 11.4. The molecule has 2 heterocycles. The molecule has 1 amide bonds. The normalized spacial score (nSPS) is 16.6. The van der Waals surface area contributed by atoms with E-state index in [0.29, 0.717) is 22.6 Å². The van der Waals surface area contributed by atoms with Gasteiger partial charge in [0.15, 0.2) is 0 Å². The molecule has 9 nitrogen and oxygen atoms in total. The molecule has 0 aliphatic carbocycles. The highest BCUT2D eigenvalue weighted by molar-refractivity contribution is 6.51. The molecule has 2 aromatic carbocycles. The highest BCUT2D eigenvalue weighted by Crippen LogP contribution is 2.43. The monoisotopic (exact) mass is 516 g/mol. The highest BCUT2D eigenvalue weighted by atomic mass is 16.5. The number of ketones is 1. The van der Waals surface area contributed by atoms with E-state index < -0.39 is 17.7 Å². The number of aliphatic hydroxyl groups excluding tert-OH is 1. The number of hydrogen-bond acceptors (Lipinski definition) is 8. The van der Waals surface area contributed by atoms with E-state index in [9.17, 15) is 19.5 Å². The van der Waals surface area contributed by atoms with Gasteiger partial charge in [0.05, 0.1) is 43.9 Å². The van der Waals surface area contributed by atoms with Gasteiger partial charge in [0, 0.05) is 24.1 Å². The first kappa shape index (κ1) is 26.4. The van der Waals surface area contributed by atoms with Gasteiger partial charge < -0.3 is 19.3 Å². The number of carbonyl (C=O) groups is 3. The van der Waals surface area contributed by atoms with E-state index in [1.54, 1.807) is 80.8 Å². The van der Waals surface area contributed by atoms with Crippen molar-refractivity contribution in [3.05, 3.63) is 89.3 Å². The number of rotatable bonds is 8. The molecule has 1 unspecified atom stereocenters. The molecule has 1 aliphatic heterocycles. The van der Waals surface area contributed by atoms with Crippen LogP contribution in [0.2, 0.25) is 0 Å². The van der Waals surface area contributed by atoms with E-state index >= 15 is 0 Å². The summed E-state index contributed by atoms with van der Waals surface area (Å²) >= 11 is 0. The number of amides is 1. The zero-order valence-electron chi connectivity index (χ0n) is 21.5. The molecule has 1 N–H and O–H groups in total. The molecule has 1 atom stereocenters. The molecule has 0 saturated carbocycles. The molecule has 1 fully saturated rings. The quantitative estimate of drug-likeness (QED) is 0.205. The van der Waals surface area contributed by atoms with Gasteiger partial charge in [-0.1, -0.05) is 18.2 Å². The lowest BCUT2D eigenvalue weighted by Crippen LogP contribution is -2.29. The molecule has 0 spiro atoms. The van der Waals surface area contributed by atoms with Crippen LogP contribution in [0.1, 0.15) is 36.6 Å². The maximum absolute atomic E-state index is 13.4. The summed E-state index contributed by atoms with van der Waals surface area (Å²) in [6.07, 6.45) is 2.96. The minimum Gasteiger partial charge on any atom is -0.507 e. The van der Waals surface area contributed by atoms with Gasteiger partial charge in [0.1, 0.15) is 17.3 Å². The van der Waals surface area contributed by atoms with Crippen LogP contribution >= 0.6 is 0 Å². The number of pyridine rings is 1.